The van der Waals surface area contributed by atoms with Crippen LogP contribution in [0.1, 0.15) is 18.1 Å². The van der Waals surface area contributed by atoms with E-state index in [1.807, 2.05) is 35.2 Å². The van der Waals surface area contributed by atoms with E-state index in [4.69, 9.17) is 16.3 Å². The minimum atomic E-state index is -0.456. The van der Waals surface area contributed by atoms with Gasteiger partial charge in [0, 0.05) is 23.2 Å². The van der Waals surface area contributed by atoms with E-state index in [-0.39, 0.29) is 11.9 Å². The van der Waals surface area contributed by atoms with Gasteiger partial charge in [0.25, 0.3) is 5.91 Å². The summed E-state index contributed by atoms with van der Waals surface area (Å²) in [5.74, 6) is 0.799. The molecule has 2 atom stereocenters. The number of para-hydroxylation sites is 1. The van der Waals surface area contributed by atoms with Gasteiger partial charge in [0.15, 0.2) is 6.10 Å². The Kier molecular flexibility index (Phi) is 3.12. The van der Waals surface area contributed by atoms with E-state index in [9.17, 15) is 4.79 Å². The first-order valence-corrected chi connectivity index (χ1v) is 7.87. The molecule has 2 heterocycles. The van der Waals surface area contributed by atoms with Crippen LogP contribution in [0.25, 0.3) is 0 Å². The lowest BCUT2D eigenvalue weighted by Crippen LogP contribution is -2.44. The molecule has 0 radical (unpaired) electrons. The standard InChI is InChI=1S/C18H16ClNO2/c1-11-8-12-4-2-3-5-15(12)20(11)18(21)17-10-13-9-14(19)6-7-16(13)22-17/h2-7,9,11,17H,8,10H2,1H3. The van der Waals surface area contributed by atoms with Crippen molar-refractivity contribution in [3.8, 4) is 5.75 Å². The van der Waals surface area contributed by atoms with E-state index < -0.39 is 6.10 Å². The monoisotopic (exact) mass is 313 g/mol. The van der Waals surface area contributed by atoms with Crippen molar-refractivity contribution in [2.75, 3.05) is 4.90 Å². The lowest BCUT2D eigenvalue weighted by Gasteiger charge is -2.25. The van der Waals surface area contributed by atoms with E-state index in [0.717, 1.165) is 23.4 Å². The molecule has 1 amide bonds. The van der Waals surface area contributed by atoms with Gasteiger partial charge in [0.2, 0.25) is 0 Å². The Morgan fingerprint density at radius 1 is 1.18 bits per heavy atom. The van der Waals surface area contributed by atoms with Crippen LogP contribution in [0, 0.1) is 0 Å². The van der Waals surface area contributed by atoms with Gasteiger partial charge in [0.05, 0.1) is 0 Å². The molecule has 0 fully saturated rings. The second-order valence-corrected chi connectivity index (χ2v) is 6.39. The minimum Gasteiger partial charge on any atom is -0.480 e. The third-order valence-corrected chi connectivity index (χ3v) is 4.65. The number of nitrogens with zero attached hydrogens (tertiary/aromatic N) is 1. The van der Waals surface area contributed by atoms with Crippen LogP contribution in [0.4, 0.5) is 5.69 Å². The van der Waals surface area contributed by atoms with Crippen LogP contribution in [-0.4, -0.2) is 18.1 Å². The topological polar surface area (TPSA) is 29.5 Å². The maximum atomic E-state index is 12.9. The molecule has 4 heteroatoms. The first-order chi connectivity index (χ1) is 10.6. The Bertz CT molecular complexity index is 759. The summed E-state index contributed by atoms with van der Waals surface area (Å²) in [7, 11) is 0. The van der Waals surface area contributed by atoms with Gasteiger partial charge in [-0.1, -0.05) is 29.8 Å². The highest BCUT2D eigenvalue weighted by atomic mass is 35.5. The number of ether oxygens (including phenoxy) is 1. The molecule has 2 aromatic rings. The smallest absolute Gasteiger partial charge is 0.268 e. The van der Waals surface area contributed by atoms with Crippen LogP contribution < -0.4 is 9.64 Å². The average Bonchev–Trinajstić information content (AvgIpc) is 3.06. The normalized spacial score (nSPS) is 22.2. The number of halogens is 1. The van der Waals surface area contributed by atoms with Crippen molar-refractivity contribution >= 4 is 23.2 Å². The summed E-state index contributed by atoms with van der Waals surface area (Å²) in [6.07, 6.45) is 1.02. The minimum absolute atomic E-state index is 0.0322. The number of rotatable bonds is 1. The highest BCUT2D eigenvalue weighted by Crippen LogP contribution is 2.36. The molecule has 0 aliphatic carbocycles. The summed E-state index contributed by atoms with van der Waals surface area (Å²) in [5.41, 5.74) is 3.24. The van der Waals surface area contributed by atoms with E-state index in [2.05, 4.69) is 13.0 Å². The van der Waals surface area contributed by atoms with Crippen molar-refractivity contribution in [3.05, 3.63) is 58.6 Å². The van der Waals surface area contributed by atoms with Gasteiger partial charge >= 0.3 is 0 Å². The van der Waals surface area contributed by atoms with Crippen molar-refractivity contribution < 1.29 is 9.53 Å². The van der Waals surface area contributed by atoms with Crippen LogP contribution in [-0.2, 0) is 17.6 Å². The number of benzene rings is 2. The van der Waals surface area contributed by atoms with E-state index >= 15 is 0 Å². The van der Waals surface area contributed by atoms with Crippen LogP contribution in [0.5, 0.6) is 5.75 Å². The number of fused-ring (bicyclic) bond motifs is 2. The number of carbonyl (C=O) groups is 1. The molecule has 0 N–H and O–H groups in total. The fourth-order valence-electron chi connectivity index (χ4n) is 3.41. The van der Waals surface area contributed by atoms with Crippen LogP contribution in [0.15, 0.2) is 42.5 Å². The fraction of sp³-hybridized carbons (Fsp3) is 0.278. The highest BCUT2D eigenvalue weighted by Gasteiger charge is 2.38. The lowest BCUT2D eigenvalue weighted by molar-refractivity contribution is -0.124. The molecule has 4 rings (SSSR count). The lowest BCUT2D eigenvalue weighted by atomic mass is 10.1. The summed E-state index contributed by atoms with van der Waals surface area (Å²) in [6, 6.07) is 13.8. The number of hydrogen-bond acceptors (Lipinski definition) is 2. The Balaban J connectivity index is 1.61. The Hall–Kier alpha value is -2.00. The zero-order valence-electron chi connectivity index (χ0n) is 12.3. The van der Waals surface area contributed by atoms with E-state index in [1.165, 1.54) is 5.56 Å². The quantitative estimate of drug-likeness (QED) is 0.804. The van der Waals surface area contributed by atoms with Crippen LogP contribution >= 0.6 is 11.6 Å². The van der Waals surface area contributed by atoms with Gasteiger partial charge in [0.1, 0.15) is 5.75 Å². The first kappa shape index (κ1) is 13.6. The van der Waals surface area contributed by atoms with Crippen molar-refractivity contribution in [2.45, 2.75) is 31.9 Å². The van der Waals surface area contributed by atoms with E-state index in [1.54, 1.807) is 6.07 Å². The van der Waals surface area contributed by atoms with Crippen molar-refractivity contribution in [3.63, 3.8) is 0 Å². The van der Waals surface area contributed by atoms with Crippen LogP contribution in [0.2, 0.25) is 5.02 Å². The first-order valence-electron chi connectivity index (χ1n) is 7.49. The van der Waals surface area contributed by atoms with Crippen molar-refractivity contribution in [1.29, 1.82) is 0 Å². The fourth-order valence-corrected chi connectivity index (χ4v) is 3.61. The molecule has 0 saturated heterocycles. The molecule has 0 bridgehead atoms. The van der Waals surface area contributed by atoms with Gasteiger partial charge in [-0.05, 0) is 48.7 Å². The Labute approximate surface area is 134 Å². The number of anilines is 1. The summed E-state index contributed by atoms with van der Waals surface area (Å²) >= 11 is 6.02. The molecule has 2 aliphatic rings. The molecular formula is C18H16ClNO2. The largest absolute Gasteiger partial charge is 0.480 e. The number of amides is 1. The molecule has 2 unspecified atom stereocenters. The zero-order valence-corrected chi connectivity index (χ0v) is 13.0. The van der Waals surface area contributed by atoms with Gasteiger partial charge in [-0.3, -0.25) is 4.79 Å². The molecule has 0 saturated carbocycles. The van der Waals surface area contributed by atoms with E-state index in [0.29, 0.717) is 11.4 Å². The number of hydrogen-bond donors (Lipinski definition) is 0. The summed E-state index contributed by atoms with van der Waals surface area (Å²) in [6.45, 7) is 2.08. The molecule has 0 spiro atoms. The summed E-state index contributed by atoms with van der Waals surface area (Å²) < 4.78 is 5.85. The predicted octanol–water partition coefficient (Wildman–Crippen LogP) is 3.62. The zero-order chi connectivity index (χ0) is 15.3. The summed E-state index contributed by atoms with van der Waals surface area (Å²) in [4.78, 5) is 14.8. The van der Waals surface area contributed by atoms with Crippen molar-refractivity contribution in [2.24, 2.45) is 0 Å². The number of carbonyl (C=O) groups excluding carboxylic acids is 1. The average molecular weight is 314 g/mol. The van der Waals surface area contributed by atoms with Gasteiger partial charge in [-0.15, -0.1) is 0 Å². The molecule has 22 heavy (non-hydrogen) atoms. The molecule has 2 aliphatic heterocycles. The van der Waals surface area contributed by atoms with Crippen molar-refractivity contribution in [1.82, 2.24) is 0 Å². The van der Waals surface area contributed by atoms with Gasteiger partial charge in [-0.2, -0.15) is 0 Å². The molecule has 3 nitrogen and oxygen atoms in total. The third kappa shape index (κ3) is 2.08. The molecule has 112 valence electrons. The Morgan fingerprint density at radius 3 is 2.86 bits per heavy atom. The third-order valence-electron chi connectivity index (χ3n) is 4.42. The highest BCUT2D eigenvalue weighted by molar-refractivity contribution is 6.30. The molecule has 2 aromatic carbocycles. The second-order valence-electron chi connectivity index (χ2n) is 5.95. The predicted molar refractivity (Wildman–Crippen MR) is 86.7 cm³/mol. The van der Waals surface area contributed by atoms with Gasteiger partial charge < -0.3 is 9.64 Å². The summed E-state index contributed by atoms with van der Waals surface area (Å²) in [5, 5.41) is 0.676. The second kappa shape index (κ2) is 5.03. The maximum Gasteiger partial charge on any atom is 0.268 e. The van der Waals surface area contributed by atoms with Crippen LogP contribution in [0.3, 0.4) is 0 Å². The van der Waals surface area contributed by atoms with Gasteiger partial charge in [-0.25, -0.2) is 0 Å². The molecular weight excluding hydrogens is 298 g/mol. The Morgan fingerprint density at radius 2 is 2.00 bits per heavy atom. The maximum absolute atomic E-state index is 12.9. The SMILES string of the molecule is CC1Cc2ccccc2N1C(=O)C1Cc2cc(Cl)ccc2O1. The molecule has 0 aromatic heterocycles.